The molecule has 1 aromatic carbocycles. The van der Waals surface area contributed by atoms with Crippen molar-refractivity contribution >= 4 is 22.8 Å². The summed E-state index contributed by atoms with van der Waals surface area (Å²) in [5.74, 6) is -0.321. The van der Waals surface area contributed by atoms with E-state index < -0.39 is 0 Å². The first-order valence-corrected chi connectivity index (χ1v) is 9.82. The number of hydrogen-bond donors (Lipinski definition) is 0. The lowest BCUT2D eigenvalue weighted by molar-refractivity contribution is 0.631. The van der Waals surface area contributed by atoms with E-state index in [1.807, 2.05) is 24.3 Å². The molecule has 0 amide bonds. The van der Waals surface area contributed by atoms with Crippen molar-refractivity contribution in [1.29, 1.82) is 0 Å². The molecule has 0 spiro atoms. The minimum atomic E-state index is -0.321. The van der Waals surface area contributed by atoms with Gasteiger partial charge in [-0.15, -0.1) is 0 Å². The average Bonchev–Trinajstić information content (AvgIpc) is 2.79. The van der Waals surface area contributed by atoms with Crippen LogP contribution in [0.5, 0.6) is 0 Å². The highest BCUT2D eigenvalue weighted by Crippen LogP contribution is 2.32. The molecule has 0 aliphatic heterocycles. The zero-order valence-corrected chi connectivity index (χ0v) is 16.7. The van der Waals surface area contributed by atoms with Gasteiger partial charge in [0.15, 0.2) is 5.65 Å². The van der Waals surface area contributed by atoms with E-state index in [1.165, 1.54) is 6.07 Å². The molecule has 0 bridgehead atoms. The normalized spacial score (nSPS) is 11.3. The lowest BCUT2D eigenvalue weighted by Gasteiger charge is -2.11. The summed E-state index contributed by atoms with van der Waals surface area (Å²) in [4.78, 5) is 17.8. The van der Waals surface area contributed by atoms with Crippen LogP contribution in [-0.4, -0.2) is 27.7 Å². The number of aromatic nitrogens is 3. The Bertz CT molecular complexity index is 1250. The monoisotopic (exact) mass is 396 g/mol. The Kier molecular flexibility index (Phi) is 5.70. The van der Waals surface area contributed by atoms with E-state index in [0.29, 0.717) is 16.9 Å². The Morgan fingerprint density at radius 3 is 2.80 bits per heavy atom. The molecule has 0 N–H and O–H groups in total. The maximum Gasteiger partial charge on any atom is 0.160 e. The molecule has 0 saturated heterocycles. The number of hydrogen-bond acceptors (Lipinski definition) is 4. The molecule has 3 heterocycles. The Balaban J connectivity index is 1.86. The lowest BCUT2D eigenvalue weighted by Crippen LogP contribution is -1.95. The Labute approximate surface area is 174 Å². The summed E-state index contributed by atoms with van der Waals surface area (Å²) < 4.78 is 14.4. The van der Waals surface area contributed by atoms with Gasteiger partial charge < -0.3 is 0 Å². The van der Waals surface area contributed by atoms with Crippen molar-refractivity contribution in [2.75, 3.05) is 6.54 Å². The van der Waals surface area contributed by atoms with Crippen LogP contribution in [0.25, 0.3) is 39.0 Å². The molecule has 0 atom stereocenters. The van der Waals surface area contributed by atoms with E-state index in [0.717, 1.165) is 40.6 Å². The molecule has 4 aromatic rings. The van der Waals surface area contributed by atoms with Crippen LogP contribution in [0, 0.1) is 5.82 Å². The second-order valence-corrected chi connectivity index (χ2v) is 6.93. The van der Waals surface area contributed by atoms with E-state index in [1.54, 1.807) is 43.0 Å². The quantitative estimate of drug-likeness (QED) is 0.376. The molecule has 4 rings (SSSR count). The Hall–Kier alpha value is -3.73. The van der Waals surface area contributed by atoms with Gasteiger partial charge in [0, 0.05) is 53.4 Å². The van der Waals surface area contributed by atoms with Gasteiger partial charge in [0.2, 0.25) is 0 Å². The van der Waals surface area contributed by atoms with Gasteiger partial charge in [-0.2, -0.15) is 0 Å². The lowest BCUT2D eigenvalue weighted by atomic mass is 9.98. The number of allylic oxidation sites excluding steroid dienone is 1. The molecule has 3 aromatic heterocycles. The Morgan fingerprint density at radius 2 is 1.97 bits per heavy atom. The van der Waals surface area contributed by atoms with E-state index in [4.69, 9.17) is 0 Å². The number of pyridine rings is 3. The predicted octanol–water partition coefficient (Wildman–Crippen LogP) is 5.99. The largest absolute Gasteiger partial charge is 0.293 e. The second kappa shape index (κ2) is 8.74. The van der Waals surface area contributed by atoms with Crippen LogP contribution < -0.4 is 0 Å². The summed E-state index contributed by atoms with van der Waals surface area (Å²) in [5.41, 5.74) is 4.98. The van der Waals surface area contributed by atoms with Gasteiger partial charge in [-0.3, -0.25) is 9.98 Å². The van der Waals surface area contributed by atoms with Crippen LogP contribution in [0.2, 0.25) is 0 Å². The standard InChI is InChI=1S/C25H21FN4/c1-3-10-27-14-17(2)18-12-19(16-28-15-18)22-13-24(21-7-4-5-9-23(21)26)30-25-20(22)8-6-11-29-25/h4-9,11-16H,2-3,10H2,1H3. The van der Waals surface area contributed by atoms with Crippen molar-refractivity contribution in [2.24, 2.45) is 4.99 Å². The molecule has 0 unspecified atom stereocenters. The fourth-order valence-electron chi connectivity index (χ4n) is 3.24. The van der Waals surface area contributed by atoms with Crippen molar-refractivity contribution in [3.05, 3.63) is 85.1 Å². The first kappa shape index (κ1) is 19.6. The van der Waals surface area contributed by atoms with Crippen molar-refractivity contribution < 1.29 is 4.39 Å². The number of fused-ring (bicyclic) bond motifs is 1. The molecular formula is C25H21FN4. The maximum atomic E-state index is 14.4. The van der Waals surface area contributed by atoms with Crippen molar-refractivity contribution in [1.82, 2.24) is 15.0 Å². The second-order valence-electron chi connectivity index (χ2n) is 6.93. The van der Waals surface area contributed by atoms with E-state index in [2.05, 4.69) is 33.4 Å². The number of aliphatic imine (C=N–C) groups is 1. The Morgan fingerprint density at radius 1 is 1.10 bits per heavy atom. The summed E-state index contributed by atoms with van der Waals surface area (Å²) >= 11 is 0. The highest BCUT2D eigenvalue weighted by Gasteiger charge is 2.13. The fourth-order valence-corrected chi connectivity index (χ4v) is 3.24. The van der Waals surface area contributed by atoms with E-state index in [-0.39, 0.29) is 5.82 Å². The molecule has 0 aliphatic carbocycles. The smallest absolute Gasteiger partial charge is 0.160 e. The topological polar surface area (TPSA) is 51.0 Å². The van der Waals surface area contributed by atoms with Crippen LogP contribution in [-0.2, 0) is 0 Å². The third kappa shape index (κ3) is 4.01. The first-order valence-electron chi connectivity index (χ1n) is 9.82. The van der Waals surface area contributed by atoms with Gasteiger partial charge in [0.05, 0.1) is 5.69 Å². The summed E-state index contributed by atoms with van der Waals surface area (Å²) in [6, 6.07) is 14.3. The van der Waals surface area contributed by atoms with Crippen LogP contribution >= 0.6 is 0 Å². The first-order chi connectivity index (χ1) is 14.7. The molecule has 30 heavy (non-hydrogen) atoms. The molecule has 0 aliphatic rings. The third-order valence-electron chi connectivity index (χ3n) is 4.75. The van der Waals surface area contributed by atoms with Crippen molar-refractivity contribution in [3.63, 3.8) is 0 Å². The number of benzene rings is 1. The average molecular weight is 396 g/mol. The van der Waals surface area contributed by atoms with E-state index >= 15 is 0 Å². The summed E-state index contributed by atoms with van der Waals surface area (Å²) in [6.07, 6.45) is 8.00. The van der Waals surface area contributed by atoms with Gasteiger partial charge in [-0.05, 0) is 54.0 Å². The summed E-state index contributed by atoms with van der Waals surface area (Å²) in [6.45, 7) is 6.95. The van der Waals surface area contributed by atoms with Gasteiger partial charge in [0.25, 0.3) is 0 Å². The van der Waals surface area contributed by atoms with Crippen LogP contribution in [0.1, 0.15) is 18.9 Å². The van der Waals surface area contributed by atoms with E-state index in [9.17, 15) is 4.39 Å². The van der Waals surface area contributed by atoms with Gasteiger partial charge in [0.1, 0.15) is 5.82 Å². The zero-order valence-electron chi connectivity index (χ0n) is 16.7. The van der Waals surface area contributed by atoms with Crippen LogP contribution in [0.3, 0.4) is 0 Å². The maximum absolute atomic E-state index is 14.4. The highest BCUT2D eigenvalue weighted by atomic mass is 19.1. The van der Waals surface area contributed by atoms with Gasteiger partial charge >= 0.3 is 0 Å². The minimum absolute atomic E-state index is 0.321. The van der Waals surface area contributed by atoms with Crippen molar-refractivity contribution in [2.45, 2.75) is 13.3 Å². The number of halogens is 1. The third-order valence-corrected chi connectivity index (χ3v) is 4.75. The van der Waals surface area contributed by atoms with Gasteiger partial charge in [-0.1, -0.05) is 25.6 Å². The van der Waals surface area contributed by atoms with Crippen LogP contribution in [0.4, 0.5) is 4.39 Å². The molecule has 0 saturated carbocycles. The molecule has 0 fully saturated rings. The van der Waals surface area contributed by atoms with Crippen LogP contribution in [0.15, 0.2) is 78.7 Å². The summed E-state index contributed by atoms with van der Waals surface area (Å²) in [7, 11) is 0. The zero-order chi connectivity index (χ0) is 20.9. The van der Waals surface area contributed by atoms with Crippen molar-refractivity contribution in [3.8, 4) is 22.4 Å². The molecule has 0 radical (unpaired) electrons. The number of nitrogens with zero attached hydrogens (tertiary/aromatic N) is 4. The minimum Gasteiger partial charge on any atom is -0.293 e. The molecular weight excluding hydrogens is 375 g/mol. The summed E-state index contributed by atoms with van der Waals surface area (Å²) in [5, 5.41) is 0.877. The molecule has 4 nitrogen and oxygen atoms in total. The molecule has 5 heteroatoms. The SMILES string of the molecule is C=C(C=NCCC)c1cncc(-c2cc(-c3ccccc3F)nc3ncccc23)c1. The van der Waals surface area contributed by atoms with Gasteiger partial charge in [-0.25, -0.2) is 14.4 Å². The highest BCUT2D eigenvalue weighted by molar-refractivity contribution is 6.09. The number of rotatable bonds is 6. The fraction of sp³-hybridized carbons (Fsp3) is 0.120. The molecule has 148 valence electrons. The predicted molar refractivity (Wildman–Crippen MR) is 121 cm³/mol.